The highest BCUT2D eigenvalue weighted by Crippen LogP contribution is 2.24. The van der Waals surface area contributed by atoms with Crippen LogP contribution in [0.5, 0.6) is 5.75 Å². The minimum Gasteiger partial charge on any atom is -0.497 e. The second-order valence-corrected chi connectivity index (χ2v) is 8.86. The van der Waals surface area contributed by atoms with Gasteiger partial charge in [0.05, 0.1) is 22.1 Å². The van der Waals surface area contributed by atoms with Crippen LogP contribution in [0, 0.1) is 0 Å². The quantitative estimate of drug-likeness (QED) is 0.750. The van der Waals surface area contributed by atoms with E-state index in [9.17, 15) is 8.42 Å². The topological polar surface area (TPSA) is 49.9 Å². The molecule has 1 aliphatic rings. The molecule has 1 fully saturated rings. The predicted molar refractivity (Wildman–Crippen MR) is 103 cm³/mol. The maximum absolute atomic E-state index is 12.8. The third kappa shape index (κ3) is 4.32. The molecule has 1 saturated heterocycles. The second kappa shape index (κ2) is 8.15. The summed E-state index contributed by atoms with van der Waals surface area (Å²) in [4.78, 5) is 2.50. The summed E-state index contributed by atoms with van der Waals surface area (Å²) in [5, 5.41) is 1.07. The first-order chi connectivity index (χ1) is 12.4. The molecular formula is C18H20Cl2N2O3S. The Morgan fingerprint density at radius 2 is 1.62 bits per heavy atom. The summed E-state index contributed by atoms with van der Waals surface area (Å²) < 4.78 is 32.1. The van der Waals surface area contributed by atoms with Gasteiger partial charge in [0.1, 0.15) is 5.75 Å². The number of benzene rings is 2. The molecule has 1 aliphatic heterocycles. The molecule has 0 atom stereocenters. The fourth-order valence-electron chi connectivity index (χ4n) is 2.92. The first-order valence-electron chi connectivity index (χ1n) is 8.20. The van der Waals surface area contributed by atoms with Crippen molar-refractivity contribution >= 4 is 33.2 Å². The third-order valence-electron chi connectivity index (χ3n) is 4.42. The lowest BCUT2D eigenvalue weighted by atomic mass is 10.2. The van der Waals surface area contributed by atoms with Crippen molar-refractivity contribution in [1.82, 2.24) is 9.21 Å². The van der Waals surface area contributed by atoms with Gasteiger partial charge in [0.2, 0.25) is 10.0 Å². The van der Waals surface area contributed by atoms with Gasteiger partial charge in [-0.15, -0.1) is 0 Å². The second-order valence-electron chi connectivity index (χ2n) is 6.10. The Kier molecular flexibility index (Phi) is 6.10. The van der Waals surface area contributed by atoms with Gasteiger partial charge in [-0.2, -0.15) is 4.31 Å². The molecule has 0 saturated carbocycles. The van der Waals surface area contributed by atoms with E-state index >= 15 is 0 Å². The average molecular weight is 415 g/mol. The molecule has 0 bridgehead atoms. The lowest BCUT2D eigenvalue weighted by Gasteiger charge is -2.34. The Bertz CT molecular complexity index is 865. The maximum Gasteiger partial charge on any atom is 0.243 e. The smallest absolute Gasteiger partial charge is 0.243 e. The molecule has 26 heavy (non-hydrogen) atoms. The molecule has 5 nitrogen and oxygen atoms in total. The summed E-state index contributed by atoms with van der Waals surface area (Å²) in [6.07, 6.45) is 0. The van der Waals surface area contributed by atoms with Crippen molar-refractivity contribution in [3.8, 4) is 5.75 Å². The molecule has 140 valence electrons. The lowest BCUT2D eigenvalue weighted by molar-refractivity contribution is 0.181. The molecule has 2 aromatic rings. The van der Waals surface area contributed by atoms with Gasteiger partial charge in [-0.1, -0.05) is 29.3 Å². The van der Waals surface area contributed by atoms with E-state index in [-0.39, 0.29) is 4.90 Å². The summed E-state index contributed by atoms with van der Waals surface area (Å²) in [7, 11) is -1.93. The zero-order valence-electron chi connectivity index (χ0n) is 14.4. The van der Waals surface area contributed by atoms with Gasteiger partial charge in [-0.3, -0.25) is 4.90 Å². The molecule has 3 rings (SSSR count). The van der Waals surface area contributed by atoms with E-state index in [0.29, 0.717) is 48.5 Å². The van der Waals surface area contributed by atoms with Crippen molar-refractivity contribution in [2.75, 3.05) is 33.3 Å². The van der Waals surface area contributed by atoms with Crippen molar-refractivity contribution in [3.05, 3.63) is 58.1 Å². The lowest BCUT2D eigenvalue weighted by Crippen LogP contribution is -2.48. The molecule has 0 amide bonds. The van der Waals surface area contributed by atoms with E-state index in [1.54, 1.807) is 37.4 Å². The molecule has 0 radical (unpaired) electrons. The fraction of sp³-hybridized carbons (Fsp3) is 0.333. The van der Waals surface area contributed by atoms with Gasteiger partial charge in [-0.25, -0.2) is 8.42 Å². The highest BCUT2D eigenvalue weighted by Gasteiger charge is 2.28. The van der Waals surface area contributed by atoms with Crippen molar-refractivity contribution < 1.29 is 13.2 Å². The normalized spacial score (nSPS) is 16.6. The van der Waals surface area contributed by atoms with Crippen LogP contribution in [0.1, 0.15) is 5.56 Å². The summed E-state index contributed by atoms with van der Waals surface area (Å²) in [5.74, 6) is 0.635. The van der Waals surface area contributed by atoms with Crippen LogP contribution >= 0.6 is 23.2 Å². The van der Waals surface area contributed by atoms with Crippen LogP contribution in [0.2, 0.25) is 10.0 Å². The molecule has 8 heteroatoms. The van der Waals surface area contributed by atoms with E-state index in [2.05, 4.69) is 4.90 Å². The first-order valence-corrected chi connectivity index (χ1v) is 10.4. The maximum atomic E-state index is 12.8. The van der Waals surface area contributed by atoms with E-state index < -0.39 is 10.0 Å². The van der Waals surface area contributed by atoms with E-state index in [1.807, 2.05) is 12.1 Å². The first kappa shape index (κ1) is 19.5. The number of methoxy groups -OCH3 is 1. The average Bonchev–Trinajstić information content (AvgIpc) is 2.65. The Balaban J connectivity index is 1.62. The van der Waals surface area contributed by atoms with Crippen LogP contribution in [0.3, 0.4) is 0 Å². The number of nitrogens with zero attached hydrogens (tertiary/aromatic N) is 2. The number of halogens is 2. The van der Waals surface area contributed by atoms with E-state index in [1.165, 1.54) is 4.31 Å². The van der Waals surface area contributed by atoms with Crippen LogP contribution in [-0.4, -0.2) is 50.9 Å². The van der Waals surface area contributed by atoms with Crippen molar-refractivity contribution in [2.24, 2.45) is 0 Å². The molecule has 0 N–H and O–H groups in total. The van der Waals surface area contributed by atoms with Crippen LogP contribution in [-0.2, 0) is 16.6 Å². The third-order valence-corrected chi connectivity index (χ3v) is 7.07. The van der Waals surface area contributed by atoms with Gasteiger partial charge in [-0.05, 0) is 42.0 Å². The van der Waals surface area contributed by atoms with Gasteiger partial charge >= 0.3 is 0 Å². The van der Waals surface area contributed by atoms with E-state index in [4.69, 9.17) is 27.9 Å². The summed E-state index contributed by atoms with van der Waals surface area (Å²) >= 11 is 12.0. The number of hydrogen-bond donors (Lipinski definition) is 0. The summed E-state index contributed by atoms with van der Waals surface area (Å²) in [5.41, 5.74) is 1.06. The van der Waals surface area contributed by atoms with Crippen LogP contribution < -0.4 is 4.74 Å². The zero-order valence-corrected chi connectivity index (χ0v) is 16.7. The van der Waals surface area contributed by atoms with Crippen molar-refractivity contribution in [1.29, 1.82) is 0 Å². The molecule has 0 aromatic heterocycles. The highest BCUT2D eigenvalue weighted by molar-refractivity contribution is 7.89. The SMILES string of the molecule is COc1ccc(S(=O)(=O)N2CCN(Cc3ccc(Cl)c(Cl)c3)CC2)cc1. The van der Waals surface area contributed by atoms with Crippen molar-refractivity contribution in [2.45, 2.75) is 11.4 Å². The summed E-state index contributed by atoms with van der Waals surface area (Å²) in [6.45, 7) is 2.95. The molecule has 0 spiro atoms. The summed E-state index contributed by atoms with van der Waals surface area (Å²) in [6, 6.07) is 12.1. The number of rotatable bonds is 5. The molecule has 1 heterocycles. The standard InChI is InChI=1S/C18H20Cl2N2O3S/c1-25-15-3-5-16(6-4-15)26(23,24)22-10-8-21(9-11-22)13-14-2-7-17(19)18(20)12-14/h2-7,12H,8-11,13H2,1H3. The van der Waals surface area contributed by atoms with Crippen LogP contribution in [0.4, 0.5) is 0 Å². The molecule has 0 unspecified atom stereocenters. The monoisotopic (exact) mass is 414 g/mol. The van der Waals surface area contributed by atoms with Gasteiger partial charge in [0, 0.05) is 32.7 Å². The number of ether oxygens (including phenoxy) is 1. The molecule has 2 aromatic carbocycles. The largest absolute Gasteiger partial charge is 0.497 e. The molecule has 0 aliphatic carbocycles. The minimum atomic E-state index is -3.48. The predicted octanol–water partition coefficient (Wildman–Crippen LogP) is 3.51. The fourth-order valence-corrected chi connectivity index (χ4v) is 4.66. The Morgan fingerprint density at radius 1 is 0.962 bits per heavy atom. The minimum absolute atomic E-state index is 0.288. The highest BCUT2D eigenvalue weighted by atomic mass is 35.5. The number of hydrogen-bond acceptors (Lipinski definition) is 4. The molecular weight excluding hydrogens is 395 g/mol. The van der Waals surface area contributed by atoms with E-state index in [0.717, 1.165) is 5.56 Å². The Labute approximate surface area is 164 Å². The number of sulfonamides is 1. The number of piperazine rings is 1. The van der Waals surface area contributed by atoms with Gasteiger partial charge < -0.3 is 4.74 Å². The van der Waals surface area contributed by atoms with Crippen LogP contribution in [0.15, 0.2) is 47.4 Å². The van der Waals surface area contributed by atoms with Crippen LogP contribution in [0.25, 0.3) is 0 Å². The van der Waals surface area contributed by atoms with Gasteiger partial charge in [0.15, 0.2) is 0 Å². The van der Waals surface area contributed by atoms with Crippen molar-refractivity contribution in [3.63, 3.8) is 0 Å². The zero-order chi connectivity index (χ0) is 18.7. The Hall–Kier alpha value is -1.31. The Morgan fingerprint density at radius 3 is 2.19 bits per heavy atom. The van der Waals surface area contributed by atoms with Gasteiger partial charge in [0.25, 0.3) is 0 Å².